The monoisotopic (exact) mass is 455 g/mol. The van der Waals surface area contributed by atoms with Crippen LogP contribution in [0.25, 0.3) is 0 Å². The smallest absolute Gasteiger partial charge is 0.261 e. The van der Waals surface area contributed by atoms with Crippen molar-refractivity contribution in [3.63, 3.8) is 0 Å². The van der Waals surface area contributed by atoms with Gasteiger partial charge in [-0.2, -0.15) is 0 Å². The Morgan fingerprint density at radius 3 is 2.32 bits per heavy atom. The van der Waals surface area contributed by atoms with Gasteiger partial charge in [0.25, 0.3) is 10.0 Å². The predicted molar refractivity (Wildman–Crippen MR) is 84.1 cm³/mol. The molecule has 0 atom stereocenters. The second-order valence-corrected chi connectivity index (χ2v) is 7.47. The molecular formula is C12H8BrFINO2S. The van der Waals surface area contributed by atoms with Crippen LogP contribution in [-0.2, 0) is 10.0 Å². The average Bonchev–Trinajstić information content (AvgIpc) is 2.33. The van der Waals surface area contributed by atoms with Crippen molar-refractivity contribution in [2.45, 2.75) is 4.90 Å². The molecular weight excluding hydrogens is 448 g/mol. The zero-order valence-corrected chi connectivity index (χ0v) is 14.0. The van der Waals surface area contributed by atoms with E-state index in [1.54, 1.807) is 12.1 Å². The topological polar surface area (TPSA) is 46.2 Å². The van der Waals surface area contributed by atoms with Crippen molar-refractivity contribution in [1.29, 1.82) is 0 Å². The maximum Gasteiger partial charge on any atom is 0.261 e. The summed E-state index contributed by atoms with van der Waals surface area (Å²) in [6.45, 7) is 0. The highest BCUT2D eigenvalue weighted by atomic mass is 127. The van der Waals surface area contributed by atoms with Crippen LogP contribution in [-0.4, -0.2) is 8.42 Å². The third kappa shape index (κ3) is 3.67. The van der Waals surface area contributed by atoms with Gasteiger partial charge >= 0.3 is 0 Å². The zero-order valence-electron chi connectivity index (χ0n) is 9.40. The molecule has 3 nitrogen and oxygen atoms in total. The molecule has 0 saturated carbocycles. The summed E-state index contributed by atoms with van der Waals surface area (Å²) in [5.41, 5.74) is 0.292. The van der Waals surface area contributed by atoms with Gasteiger partial charge in [0.15, 0.2) is 0 Å². The molecule has 2 aromatic carbocycles. The normalized spacial score (nSPS) is 11.3. The molecule has 0 aromatic heterocycles. The Kier molecular flexibility index (Phi) is 4.46. The van der Waals surface area contributed by atoms with Crippen LogP contribution in [0.2, 0.25) is 0 Å². The van der Waals surface area contributed by atoms with E-state index in [9.17, 15) is 12.8 Å². The molecule has 100 valence electrons. The maximum atomic E-state index is 12.9. The number of hydrogen-bond donors (Lipinski definition) is 1. The molecule has 1 N–H and O–H groups in total. The number of hydrogen-bond acceptors (Lipinski definition) is 2. The van der Waals surface area contributed by atoms with Crippen LogP contribution in [0.4, 0.5) is 10.1 Å². The van der Waals surface area contributed by atoms with Crippen molar-refractivity contribution in [2.75, 3.05) is 4.72 Å². The number of anilines is 1. The summed E-state index contributed by atoms with van der Waals surface area (Å²) in [7, 11) is -3.67. The third-order valence-corrected chi connectivity index (χ3v) is 5.06. The minimum atomic E-state index is -3.67. The molecule has 2 rings (SSSR count). The van der Waals surface area contributed by atoms with Gasteiger partial charge in [0.1, 0.15) is 5.82 Å². The fraction of sp³-hybridized carbons (Fsp3) is 0. The number of halogens is 3. The quantitative estimate of drug-likeness (QED) is 0.711. The molecule has 0 aliphatic carbocycles. The maximum absolute atomic E-state index is 12.9. The van der Waals surface area contributed by atoms with Gasteiger partial charge in [-0.1, -0.05) is 0 Å². The number of nitrogens with one attached hydrogen (secondary N) is 1. The summed E-state index contributed by atoms with van der Waals surface area (Å²) >= 11 is 5.21. The standard InChI is InChI=1S/C12H8BrFINO2S/c13-11-7-8(14)1-6-12(11)16-19(17,18)10-4-2-9(15)3-5-10/h1-7,16H. The third-order valence-electron chi connectivity index (χ3n) is 2.30. The fourth-order valence-corrected chi connectivity index (χ4v) is 3.41. The molecule has 0 saturated heterocycles. The molecule has 19 heavy (non-hydrogen) atoms. The highest BCUT2D eigenvalue weighted by Crippen LogP contribution is 2.25. The summed E-state index contributed by atoms with van der Waals surface area (Å²) in [6.07, 6.45) is 0. The van der Waals surface area contributed by atoms with Gasteiger partial charge in [-0.3, -0.25) is 4.72 Å². The van der Waals surface area contributed by atoms with E-state index >= 15 is 0 Å². The van der Waals surface area contributed by atoms with E-state index in [0.29, 0.717) is 10.2 Å². The second-order valence-electron chi connectivity index (χ2n) is 3.68. The number of rotatable bonds is 3. The molecule has 0 heterocycles. The van der Waals surface area contributed by atoms with Gasteiger partial charge in [0, 0.05) is 8.04 Å². The second kappa shape index (κ2) is 5.76. The Bertz CT molecular complexity index is 704. The molecule has 7 heteroatoms. The SMILES string of the molecule is O=S(=O)(Nc1ccc(F)cc1Br)c1ccc(I)cc1. The molecule has 0 bridgehead atoms. The van der Waals surface area contributed by atoms with E-state index in [-0.39, 0.29) is 4.90 Å². The first-order chi connectivity index (χ1) is 8.88. The Labute approximate surface area is 132 Å². The van der Waals surface area contributed by atoms with Crippen LogP contribution in [0.1, 0.15) is 0 Å². The Morgan fingerprint density at radius 2 is 1.74 bits per heavy atom. The molecule has 0 unspecified atom stereocenters. The van der Waals surface area contributed by atoms with Crippen molar-refractivity contribution in [2.24, 2.45) is 0 Å². The van der Waals surface area contributed by atoms with Crippen LogP contribution >= 0.6 is 38.5 Å². The largest absolute Gasteiger partial charge is 0.278 e. The van der Waals surface area contributed by atoms with Gasteiger partial charge in [0.05, 0.1) is 10.6 Å². The molecule has 0 fully saturated rings. The van der Waals surface area contributed by atoms with Crippen molar-refractivity contribution in [3.05, 3.63) is 56.3 Å². The van der Waals surface area contributed by atoms with Crippen LogP contribution < -0.4 is 4.72 Å². The Balaban J connectivity index is 2.33. The van der Waals surface area contributed by atoms with Gasteiger partial charge in [-0.05, 0) is 81.0 Å². The van der Waals surface area contributed by atoms with E-state index in [1.807, 2.05) is 0 Å². The minimum absolute atomic E-state index is 0.157. The first kappa shape index (κ1) is 14.7. The van der Waals surface area contributed by atoms with Crippen molar-refractivity contribution < 1.29 is 12.8 Å². The Morgan fingerprint density at radius 1 is 1.11 bits per heavy atom. The van der Waals surface area contributed by atoms with Crippen molar-refractivity contribution in [3.8, 4) is 0 Å². The lowest BCUT2D eigenvalue weighted by Crippen LogP contribution is -2.13. The molecule has 0 aliphatic heterocycles. The predicted octanol–water partition coefficient (Wildman–Crippen LogP) is 3.99. The lowest BCUT2D eigenvalue weighted by Gasteiger charge is -2.09. The fourth-order valence-electron chi connectivity index (χ4n) is 1.39. The van der Waals surface area contributed by atoms with Gasteiger partial charge < -0.3 is 0 Å². The molecule has 0 radical (unpaired) electrons. The highest BCUT2D eigenvalue weighted by molar-refractivity contribution is 14.1. The first-order valence-corrected chi connectivity index (χ1v) is 8.47. The lowest BCUT2D eigenvalue weighted by molar-refractivity contribution is 0.601. The molecule has 0 spiro atoms. The minimum Gasteiger partial charge on any atom is -0.278 e. The van der Waals surface area contributed by atoms with Crippen molar-refractivity contribution in [1.82, 2.24) is 0 Å². The van der Waals surface area contributed by atoms with E-state index in [0.717, 1.165) is 3.57 Å². The molecule has 2 aromatic rings. The van der Waals surface area contributed by atoms with Crippen molar-refractivity contribution >= 4 is 54.2 Å². The molecule has 0 amide bonds. The van der Waals surface area contributed by atoms with Gasteiger partial charge in [-0.25, -0.2) is 12.8 Å². The summed E-state index contributed by atoms with van der Waals surface area (Å²) in [5, 5.41) is 0. The Hall–Kier alpha value is -0.670. The average molecular weight is 456 g/mol. The van der Waals surface area contributed by atoms with Gasteiger partial charge in [-0.15, -0.1) is 0 Å². The number of benzene rings is 2. The summed E-state index contributed by atoms with van der Waals surface area (Å²) in [5.74, 6) is -0.441. The lowest BCUT2D eigenvalue weighted by atomic mass is 10.3. The molecule has 0 aliphatic rings. The van der Waals surface area contributed by atoms with Crippen LogP contribution in [0.5, 0.6) is 0 Å². The van der Waals surface area contributed by atoms with Crippen LogP contribution in [0.3, 0.4) is 0 Å². The summed E-state index contributed by atoms with van der Waals surface area (Å²) in [4.78, 5) is 0.157. The summed E-state index contributed by atoms with van der Waals surface area (Å²) in [6, 6.07) is 10.2. The van der Waals surface area contributed by atoms with E-state index in [4.69, 9.17) is 0 Å². The first-order valence-electron chi connectivity index (χ1n) is 5.12. The van der Waals surface area contributed by atoms with E-state index < -0.39 is 15.8 Å². The summed E-state index contributed by atoms with van der Waals surface area (Å²) < 4.78 is 40.9. The van der Waals surface area contributed by atoms with Crippen LogP contribution in [0, 0.1) is 9.39 Å². The number of sulfonamides is 1. The van der Waals surface area contributed by atoms with Gasteiger partial charge in [0.2, 0.25) is 0 Å². The van der Waals surface area contributed by atoms with E-state index in [1.165, 1.54) is 30.3 Å². The van der Waals surface area contributed by atoms with Crippen LogP contribution in [0.15, 0.2) is 51.8 Å². The zero-order chi connectivity index (χ0) is 14.0. The highest BCUT2D eigenvalue weighted by Gasteiger charge is 2.15. The van der Waals surface area contributed by atoms with E-state index in [2.05, 4.69) is 43.2 Å².